The van der Waals surface area contributed by atoms with Gasteiger partial charge in [0.1, 0.15) is 6.04 Å². The lowest BCUT2D eigenvalue weighted by Crippen LogP contribution is -2.48. The molecule has 120 valence electrons. The van der Waals surface area contributed by atoms with E-state index in [2.05, 4.69) is 5.32 Å². The van der Waals surface area contributed by atoms with Gasteiger partial charge in [0.05, 0.1) is 0 Å². The zero-order valence-electron chi connectivity index (χ0n) is 13.2. The molecule has 2 rings (SSSR count). The van der Waals surface area contributed by atoms with Crippen molar-refractivity contribution in [2.75, 3.05) is 0 Å². The van der Waals surface area contributed by atoms with E-state index in [1.165, 1.54) is 0 Å². The second-order valence-electron chi connectivity index (χ2n) is 6.53. The molecule has 1 unspecified atom stereocenters. The Morgan fingerprint density at radius 3 is 2.27 bits per heavy atom. The van der Waals surface area contributed by atoms with Gasteiger partial charge in [-0.2, -0.15) is 0 Å². The van der Waals surface area contributed by atoms with Crippen molar-refractivity contribution in [2.24, 2.45) is 5.41 Å². The quantitative estimate of drug-likeness (QED) is 0.821. The van der Waals surface area contributed by atoms with E-state index >= 15 is 0 Å². The Labute approximate surface area is 131 Å². The molecule has 0 aromatic heterocycles. The lowest BCUT2D eigenvalue weighted by Gasteiger charge is -2.28. The molecule has 4 heteroatoms. The van der Waals surface area contributed by atoms with Crippen LogP contribution >= 0.6 is 0 Å². The van der Waals surface area contributed by atoms with Crippen molar-refractivity contribution >= 4 is 11.9 Å². The number of carboxylic acid groups (broad SMARTS) is 1. The van der Waals surface area contributed by atoms with E-state index in [1.54, 1.807) is 0 Å². The second-order valence-corrected chi connectivity index (χ2v) is 6.53. The van der Waals surface area contributed by atoms with Gasteiger partial charge in [-0.15, -0.1) is 0 Å². The summed E-state index contributed by atoms with van der Waals surface area (Å²) in [5.41, 5.74) is 0.488. The summed E-state index contributed by atoms with van der Waals surface area (Å²) >= 11 is 0. The molecule has 0 spiro atoms. The first-order valence-electron chi connectivity index (χ1n) is 8.09. The molecule has 22 heavy (non-hydrogen) atoms. The summed E-state index contributed by atoms with van der Waals surface area (Å²) < 4.78 is 0. The van der Waals surface area contributed by atoms with Gasteiger partial charge < -0.3 is 10.4 Å². The van der Waals surface area contributed by atoms with Crippen molar-refractivity contribution in [1.29, 1.82) is 0 Å². The maximum atomic E-state index is 12.6. The smallest absolute Gasteiger partial charge is 0.326 e. The molecule has 1 aromatic rings. The van der Waals surface area contributed by atoms with E-state index in [4.69, 9.17) is 0 Å². The average Bonchev–Trinajstić information content (AvgIpc) is 2.73. The predicted octanol–water partition coefficient (Wildman–Crippen LogP) is 3.16. The second kappa shape index (κ2) is 7.43. The van der Waals surface area contributed by atoms with Crippen molar-refractivity contribution in [3.05, 3.63) is 35.9 Å². The lowest BCUT2D eigenvalue weighted by atomic mass is 9.81. The normalized spacial score (nSPS) is 19.0. The summed E-state index contributed by atoms with van der Waals surface area (Å²) in [5, 5.41) is 12.2. The number of carbonyl (C=O) groups is 2. The number of hydrogen-bond donors (Lipinski definition) is 2. The van der Waals surface area contributed by atoms with Gasteiger partial charge in [0.25, 0.3) is 0 Å². The third-order valence-corrected chi connectivity index (χ3v) is 4.64. The first-order chi connectivity index (χ1) is 10.5. The Morgan fingerprint density at radius 1 is 1.14 bits per heavy atom. The minimum absolute atomic E-state index is 0.113. The fraction of sp³-hybridized carbons (Fsp3) is 0.556. The highest BCUT2D eigenvalue weighted by molar-refractivity contribution is 5.87. The van der Waals surface area contributed by atoms with Crippen LogP contribution in [0.2, 0.25) is 0 Å². The fourth-order valence-electron chi connectivity index (χ4n) is 3.12. The minimum atomic E-state index is -0.977. The maximum Gasteiger partial charge on any atom is 0.326 e. The molecule has 1 fully saturated rings. The molecule has 0 saturated heterocycles. The number of amides is 1. The lowest BCUT2D eigenvalue weighted by molar-refractivity contribution is -0.143. The van der Waals surface area contributed by atoms with E-state index < -0.39 is 17.4 Å². The summed E-state index contributed by atoms with van der Waals surface area (Å²) in [6.45, 7) is 1.97. The summed E-state index contributed by atoms with van der Waals surface area (Å²) in [6, 6.07) is 8.55. The third-order valence-electron chi connectivity index (χ3n) is 4.64. The molecular weight excluding hydrogens is 278 g/mol. The number of nitrogens with one attached hydrogen (secondary N) is 1. The number of rotatable bonds is 5. The predicted molar refractivity (Wildman–Crippen MR) is 85.5 cm³/mol. The van der Waals surface area contributed by atoms with Gasteiger partial charge in [0.15, 0.2) is 0 Å². The van der Waals surface area contributed by atoms with Crippen molar-refractivity contribution in [1.82, 2.24) is 5.32 Å². The number of carbonyl (C=O) groups excluding carboxylic acids is 1. The number of aliphatic carboxylic acids is 1. The topological polar surface area (TPSA) is 66.4 Å². The zero-order chi connectivity index (χ0) is 16.0. The zero-order valence-corrected chi connectivity index (χ0v) is 13.2. The molecule has 0 aliphatic heterocycles. The molecule has 1 atom stereocenters. The van der Waals surface area contributed by atoms with E-state index in [9.17, 15) is 14.7 Å². The standard InChI is InChI=1S/C18H25NO3/c1-18(11-7-2-3-8-12-18)17(22)19-15(16(20)21)13-14-9-5-4-6-10-14/h4-6,9-10,15H,2-3,7-8,11-13H2,1H3,(H,19,22)(H,20,21). The highest BCUT2D eigenvalue weighted by Gasteiger charge is 2.35. The summed E-state index contributed by atoms with van der Waals surface area (Å²) in [4.78, 5) is 24.1. The third kappa shape index (κ3) is 4.33. The number of hydrogen-bond acceptors (Lipinski definition) is 2. The Balaban J connectivity index is 2.03. The van der Waals surface area contributed by atoms with Crippen molar-refractivity contribution in [3.8, 4) is 0 Å². The Hall–Kier alpha value is -1.84. The van der Waals surface area contributed by atoms with Gasteiger partial charge >= 0.3 is 5.97 Å². The van der Waals surface area contributed by atoms with Crippen molar-refractivity contribution in [3.63, 3.8) is 0 Å². The van der Waals surface area contributed by atoms with Gasteiger partial charge in [-0.1, -0.05) is 62.9 Å². The molecule has 0 radical (unpaired) electrons. The van der Waals surface area contributed by atoms with Crippen LogP contribution in [-0.4, -0.2) is 23.0 Å². The summed E-state index contributed by atoms with van der Waals surface area (Å²) in [7, 11) is 0. The Bertz CT molecular complexity index is 504. The highest BCUT2D eigenvalue weighted by Crippen LogP contribution is 2.34. The molecule has 0 bridgehead atoms. The van der Waals surface area contributed by atoms with Gasteiger partial charge in [-0.3, -0.25) is 4.79 Å². The first-order valence-corrected chi connectivity index (χ1v) is 8.09. The van der Waals surface area contributed by atoms with E-state index in [0.717, 1.165) is 44.1 Å². The largest absolute Gasteiger partial charge is 0.480 e. The molecule has 4 nitrogen and oxygen atoms in total. The van der Waals surface area contributed by atoms with Crippen LogP contribution in [0, 0.1) is 5.41 Å². The molecule has 1 aliphatic carbocycles. The van der Waals surface area contributed by atoms with Crippen LogP contribution in [0.1, 0.15) is 51.0 Å². The SMILES string of the molecule is CC1(C(=O)NC(Cc2ccccc2)C(=O)O)CCCCCC1. The van der Waals surface area contributed by atoms with Crippen LogP contribution in [0.5, 0.6) is 0 Å². The molecule has 1 aliphatic rings. The fourth-order valence-corrected chi connectivity index (χ4v) is 3.12. The maximum absolute atomic E-state index is 12.6. The number of carboxylic acids is 1. The molecule has 0 heterocycles. The van der Waals surface area contributed by atoms with Crippen molar-refractivity contribution in [2.45, 2.75) is 57.9 Å². The Morgan fingerprint density at radius 2 is 1.73 bits per heavy atom. The molecule has 1 amide bonds. The monoisotopic (exact) mass is 303 g/mol. The van der Waals surface area contributed by atoms with Gasteiger partial charge in [0.2, 0.25) is 5.91 Å². The van der Waals surface area contributed by atoms with E-state index in [0.29, 0.717) is 6.42 Å². The van der Waals surface area contributed by atoms with Crippen LogP contribution in [-0.2, 0) is 16.0 Å². The number of benzene rings is 1. The Kier molecular flexibility index (Phi) is 5.58. The highest BCUT2D eigenvalue weighted by atomic mass is 16.4. The molecule has 1 aromatic carbocycles. The van der Waals surface area contributed by atoms with Crippen LogP contribution in [0.3, 0.4) is 0 Å². The van der Waals surface area contributed by atoms with Gasteiger partial charge in [-0.05, 0) is 18.4 Å². The van der Waals surface area contributed by atoms with Crippen LogP contribution in [0.15, 0.2) is 30.3 Å². The average molecular weight is 303 g/mol. The molecule has 1 saturated carbocycles. The van der Waals surface area contributed by atoms with Crippen LogP contribution in [0.4, 0.5) is 0 Å². The van der Waals surface area contributed by atoms with E-state index in [1.807, 2.05) is 37.3 Å². The van der Waals surface area contributed by atoms with Gasteiger partial charge in [-0.25, -0.2) is 4.79 Å². The summed E-state index contributed by atoms with van der Waals surface area (Å²) in [5.74, 6) is -1.09. The van der Waals surface area contributed by atoms with Crippen molar-refractivity contribution < 1.29 is 14.7 Å². The molecule has 2 N–H and O–H groups in total. The van der Waals surface area contributed by atoms with Crippen LogP contribution < -0.4 is 5.32 Å². The van der Waals surface area contributed by atoms with Crippen LogP contribution in [0.25, 0.3) is 0 Å². The first kappa shape index (κ1) is 16.5. The van der Waals surface area contributed by atoms with Gasteiger partial charge in [0, 0.05) is 11.8 Å². The molecular formula is C18H25NO3. The minimum Gasteiger partial charge on any atom is -0.480 e. The summed E-state index contributed by atoms with van der Waals surface area (Å²) in [6.07, 6.45) is 6.41. The van der Waals surface area contributed by atoms with E-state index in [-0.39, 0.29) is 5.91 Å².